The smallest absolute Gasteiger partial charge is 0.304 e. The van der Waals surface area contributed by atoms with E-state index in [0.29, 0.717) is 16.1 Å². The lowest BCUT2D eigenvalue weighted by atomic mass is 9.62. The Morgan fingerprint density at radius 3 is 2.55 bits per heavy atom. The Bertz CT molecular complexity index is 1120. The van der Waals surface area contributed by atoms with Crippen LogP contribution in [0, 0.1) is 17.7 Å². The summed E-state index contributed by atoms with van der Waals surface area (Å²) in [6.45, 7) is 0. The van der Waals surface area contributed by atoms with Gasteiger partial charge in [-0.25, -0.2) is 4.39 Å². The second kappa shape index (κ2) is 7.57. The fourth-order valence-corrected chi connectivity index (χ4v) is 5.06. The second-order valence-electron chi connectivity index (χ2n) is 8.15. The van der Waals surface area contributed by atoms with Crippen molar-refractivity contribution in [1.29, 1.82) is 0 Å². The number of rotatable bonds is 4. The third-order valence-corrected chi connectivity index (χ3v) is 6.39. The molecule has 160 valence electrons. The fourth-order valence-electron chi connectivity index (χ4n) is 4.88. The number of benzene rings is 2. The largest absolute Gasteiger partial charge is 0.508 e. The number of hydrogen-bond acceptors (Lipinski definition) is 5. The minimum absolute atomic E-state index is 0.142. The van der Waals surface area contributed by atoms with Crippen molar-refractivity contribution in [3.8, 4) is 5.75 Å². The molecule has 2 aromatic rings. The standard InChI is InChI=1S/C23H18ClFO6/c24-14-2-1-12-6-13(7-20(28)29)21(30)23(18(12)8-14)10-19(27)17(22(23)31)5-11-3-15(25)9-16(26)4-11/h1-4,8-9,13,17,26H,5-7,10H2,(H,28,29). The van der Waals surface area contributed by atoms with Crippen molar-refractivity contribution >= 4 is 34.9 Å². The van der Waals surface area contributed by atoms with Crippen LogP contribution in [0.3, 0.4) is 0 Å². The molecule has 2 aliphatic carbocycles. The van der Waals surface area contributed by atoms with Crippen LogP contribution in [0.1, 0.15) is 29.5 Å². The topological polar surface area (TPSA) is 109 Å². The van der Waals surface area contributed by atoms with E-state index in [0.717, 1.165) is 12.1 Å². The molecule has 0 saturated heterocycles. The molecular formula is C23H18ClFO6. The van der Waals surface area contributed by atoms with Gasteiger partial charge in [-0.2, -0.15) is 0 Å². The van der Waals surface area contributed by atoms with Crippen LogP contribution in [0.25, 0.3) is 0 Å². The number of Topliss-reactive ketones (excluding diaryl/α,β-unsaturated/α-hetero) is 3. The molecule has 0 aromatic heterocycles. The highest BCUT2D eigenvalue weighted by Gasteiger charge is 2.61. The first-order chi connectivity index (χ1) is 14.6. The SMILES string of the molecule is O=C(O)CC1Cc2ccc(Cl)cc2C2(CC(=O)C(Cc3cc(O)cc(F)c3)C2=O)C1=O. The lowest BCUT2D eigenvalue weighted by Gasteiger charge is -2.36. The number of phenols is 1. The summed E-state index contributed by atoms with van der Waals surface area (Å²) in [6.07, 6.45) is -0.868. The highest BCUT2D eigenvalue weighted by atomic mass is 35.5. The first-order valence-corrected chi connectivity index (χ1v) is 10.1. The zero-order chi connectivity index (χ0) is 22.5. The van der Waals surface area contributed by atoms with Gasteiger partial charge in [0.1, 0.15) is 22.8 Å². The third kappa shape index (κ3) is 3.53. The maximum atomic E-state index is 13.7. The highest BCUT2D eigenvalue weighted by molar-refractivity contribution is 6.31. The first kappa shape index (κ1) is 21.2. The highest BCUT2D eigenvalue weighted by Crippen LogP contribution is 2.48. The zero-order valence-corrected chi connectivity index (χ0v) is 17.0. The fraction of sp³-hybridized carbons (Fsp3) is 0.304. The molecule has 31 heavy (non-hydrogen) atoms. The van der Waals surface area contributed by atoms with Crippen molar-refractivity contribution in [2.45, 2.75) is 31.1 Å². The van der Waals surface area contributed by atoms with E-state index in [1.807, 2.05) is 0 Å². The molecule has 0 radical (unpaired) electrons. The van der Waals surface area contributed by atoms with Crippen molar-refractivity contribution in [1.82, 2.24) is 0 Å². The number of carbonyl (C=O) groups is 4. The molecule has 8 heteroatoms. The zero-order valence-electron chi connectivity index (χ0n) is 16.2. The molecule has 4 rings (SSSR count). The van der Waals surface area contributed by atoms with Gasteiger partial charge in [0.25, 0.3) is 0 Å². The normalized spacial score (nSPS) is 25.2. The number of aromatic hydroxyl groups is 1. The van der Waals surface area contributed by atoms with E-state index in [-0.39, 0.29) is 30.6 Å². The van der Waals surface area contributed by atoms with Gasteiger partial charge >= 0.3 is 5.97 Å². The Kier molecular flexibility index (Phi) is 5.17. The molecule has 3 atom stereocenters. The van der Waals surface area contributed by atoms with Crippen molar-refractivity contribution < 1.29 is 33.8 Å². The average molecular weight is 445 g/mol. The van der Waals surface area contributed by atoms with Crippen LogP contribution in [-0.4, -0.2) is 33.5 Å². The lowest BCUT2D eigenvalue weighted by Crippen LogP contribution is -2.49. The molecular weight excluding hydrogens is 427 g/mol. The summed E-state index contributed by atoms with van der Waals surface area (Å²) in [5.41, 5.74) is -0.594. The van der Waals surface area contributed by atoms with E-state index in [2.05, 4.69) is 0 Å². The first-order valence-electron chi connectivity index (χ1n) is 9.72. The summed E-state index contributed by atoms with van der Waals surface area (Å²) in [6, 6.07) is 8.02. The third-order valence-electron chi connectivity index (χ3n) is 6.16. The van der Waals surface area contributed by atoms with Gasteiger partial charge in [-0.05, 0) is 53.8 Å². The minimum atomic E-state index is -1.80. The van der Waals surface area contributed by atoms with Crippen molar-refractivity contribution in [2.75, 3.05) is 0 Å². The summed E-state index contributed by atoms with van der Waals surface area (Å²) >= 11 is 6.12. The van der Waals surface area contributed by atoms with Gasteiger partial charge in [0.05, 0.1) is 12.3 Å². The average Bonchev–Trinajstić information content (AvgIpc) is 2.91. The monoisotopic (exact) mass is 444 g/mol. The van der Waals surface area contributed by atoms with Crippen LogP contribution in [0.15, 0.2) is 36.4 Å². The molecule has 0 amide bonds. The number of halogens is 2. The lowest BCUT2D eigenvalue weighted by molar-refractivity contribution is -0.144. The molecule has 0 bridgehead atoms. The van der Waals surface area contributed by atoms with Crippen LogP contribution in [0.2, 0.25) is 5.02 Å². The molecule has 6 nitrogen and oxygen atoms in total. The predicted octanol–water partition coefficient (Wildman–Crippen LogP) is 3.04. The summed E-state index contributed by atoms with van der Waals surface area (Å²) in [5, 5.41) is 19.2. The van der Waals surface area contributed by atoms with Gasteiger partial charge in [-0.15, -0.1) is 0 Å². The quantitative estimate of drug-likeness (QED) is 0.701. The summed E-state index contributed by atoms with van der Waals surface area (Å²) < 4.78 is 13.7. The van der Waals surface area contributed by atoms with Crippen molar-refractivity contribution in [3.05, 3.63) is 63.9 Å². The van der Waals surface area contributed by atoms with Gasteiger partial charge in [0, 0.05) is 23.4 Å². The summed E-state index contributed by atoms with van der Waals surface area (Å²) in [7, 11) is 0. The number of carboxylic acids is 1. The van der Waals surface area contributed by atoms with E-state index in [4.69, 9.17) is 11.6 Å². The molecule has 2 aromatic carbocycles. The van der Waals surface area contributed by atoms with E-state index in [9.17, 15) is 33.8 Å². The number of phenolic OH excluding ortho intramolecular Hbond substituents is 1. The molecule has 1 fully saturated rings. The maximum Gasteiger partial charge on any atom is 0.304 e. The van der Waals surface area contributed by atoms with E-state index < -0.39 is 52.8 Å². The van der Waals surface area contributed by atoms with Crippen LogP contribution in [-0.2, 0) is 37.4 Å². The maximum absolute atomic E-state index is 13.7. The molecule has 0 aliphatic heterocycles. The van der Waals surface area contributed by atoms with Gasteiger partial charge in [0.15, 0.2) is 11.6 Å². The van der Waals surface area contributed by atoms with Gasteiger partial charge < -0.3 is 10.2 Å². The Morgan fingerprint density at radius 1 is 1.13 bits per heavy atom. The van der Waals surface area contributed by atoms with Crippen molar-refractivity contribution in [2.24, 2.45) is 11.8 Å². The summed E-state index contributed by atoms with van der Waals surface area (Å²) in [5.74, 6) is -6.08. The number of carboxylic acid groups (broad SMARTS) is 1. The van der Waals surface area contributed by atoms with Gasteiger partial charge in [0.2, 0.25) is 0 Å². The molecule has 2 aliphatic rings. The molecule has 2 N–H and O–H groups in total. The van der Waals surface area contributed by atoms with E-state index in [1.165, 1.54) is 12.1 Å². The van der Waals surface area contributed by atoms with Crippen LogP contribution < -0.4 is 0 Å². The number of ketones is 3. The van der Waals surface area contributed by atoms with E-state index >= 15 is 0 Å². The van der Waals surface area contributed by atoms with Gasteiger partial charge in [-0.3, -0.25) is 19.2 Å². The summed E-state index contributed by atoms with van der Waals surface area (Å²) in [4.78, 5) is 51.3. The predicted molar refractivity (Wildman–Crippen MR) is 107 cm³/mol. The van der Waals surface area contributed by atoms with Gasteiger partial charge in [-0.1, -0.05) is 17.7 Å². The Labute approximate surface area is 181 Å². The van der Waals surface area contributed by atoms with Crippen LogP contribution in [0.4, 0.5) is 4.39 Å². The Morgan fingerprint density at radius 2 is 1.87 bits per heavy atom. The number of fused-ring (bicyclic) bond motifs is 2. The number of aliphatic carboxylic acids is 1. The Balaban J connectivity index is 1.79. The van der Waals surface area contributed by atoms with Crippen molar-refractivity contribution in [3.63, 3.8) is 0 Å². The van der Waals surface area contributed by atoms with E-state index in [1.54, 1.807) is 12.1 Å². The molecule has 3 unspecified atom stereocenters. The molecule has 1 saturated carbocycles. The second-order valence-corrected chi connectivity index (χ2v) is 8.59. The number of hydrogen-bond donors (Lipinski definition) is 2. The Hall–Kier alpha value is -3.06. The van der Waals surface area contributed by atoms with Crippen LogP contribution >= 0.6 is 11.6 Å². The molecule has 1 spiro atoms. The molecule has 0 heterocycles. The van der Waals surface area contributed by atoms with Crippen LogP contribution in [0.5, 0.6) is 5.75 Å². The minimum Gasteiger partial charge on any atom is -0.508 e. The number of carbonyl (C=O) groups excluding carboxylic acids is 3.